The van der Waals surface area contributed by atoms with E-state index in [-0.39, 0.29) is 0 Å². The molecule has 0 radical (unpaired) electrons. The smallest absolute Gasteiger partial charge is 0.242 e. The van der Waals surface area contributed by atoms with E-state index in [4.69, 9.17) is 15.7 Å². The third-order valence-corrected chi connectivity index (χ3v) is 3.09. The van der Waals surface area contributed by atoms with Crippen molar-refractivity contribution in [2.24, 2.45) is 0 Å². The van der Waals surface area contributed by atoms with Gasteiger partial charge in [0.2, 0.25) is 5.88 Å². The number of aromatic nitrogens is 1. The SMILES string of the molecule is Cc1cc(Oc2ncc(C#N)cc2N)ccc1C(C)C. The largest absolute Gasteiger partial charge is 0.437 e. The molecule has 0 fully saturated rings. The van der Waals surface area contributed by atoms with Crippen LogP contribution in [0.4, 0.5) is 5.69 Å². The minimum absolute atomic E-state index is 0.320. The molecule has 102 valence electrons. The van der Waals surface area contributed by atoms with Crippen LogP contribution in [0.2, 0.25) is 0 Å². The molecule has 2 N–H and O–H groups in total. The normalized spacial score (nSPS) is 10.3. The third-order valence-electron chi connectivity index (χ3n) is 3.09. The van der Waals surface area contributed by atoms with Crippen LogP contribution >= 0.6 is 0 Å². The number of pyridine rings is 1. The number of ether oxygens (including phenoxy) is 1. The molecule has 0 saturated carbocycles. The Bertz CT molecular complexity index is 672. The van der Waals surface area contributed by atoms with Crippen LogP contribution in [-0.4, -0.2) is 4.98 Å². The van der Waals surface area contributed by atoms with Crippen LogP contribution in [0, 0.1) is 18.3 Å². The van der Waals surface area contributed by atoms with E-state index < -0.39 is 0 Å². The predicted octanol–water partition coefficient (Wildman–Crippen LogP) is 3.76. The molecular formula is C16H17N3O. The number of nitrogen functional groups attached to an aromatic ring is 1. The molecule has 0 spiro atoms. The highest BCUT2D eigenvalue weighted by Gasteiger charge is 2.08. The van der Waals surface area contributed by atoms with Crippen LogP contribution < -0.4 is 10.5 Å². The lowest BCUT2D eigenvalue weighted by Crippen LogP contribution is -1.97. The van der Waals surface area contributed by atoms with Crippen molar-refractivity contribution >= 4 is 5.69 Å². The molecule has 0 bridgehead atoms. The van der Waals surface area contributed by atoms with Crippen LogP contribution in [0.3, 0.4) is 0 Å². The topological polar surface area (TPSA) is 71.9 Å². The minimum Gasteiger partial charge on any atom is -0.437 e. The van der Waals surface area contributed by atoms with Crippen molar-refractivity contribution in [2.75, 3.05) is 5.73 Å². The quantitative estimate of drug-likeness (QED) is 0.919. The maximum atomic E-state index is 8.78. The van der Waals surface area contributed by atoms with Crippen molar-refractivity contribution in [2.45, 2.75) is 26.7 Å². The van der Waals surface area contributed by atoms with Gasteiger partial charge in [-0.05, 0) is 42.2 Å². The fourth-order valence-electron chi connectivity index (χ4n) is 2.09. The van der Waals surface area contributed by atoms with E-state index in [1.54, 1.807) is 6.07 Å². The Hall–Kier alpha value is -2.54. The Morgan fingerprint density at radius 3 is 2.60 bits per heavy atom. The summed E-state index contributed by atoms with van der Waals surface area (Å²) in [6.45, 7) is 6.36. The maximum Gasteiger partial charge on any atom is 0.242 e. The van der Waals surface area contributed by atoms with Crippen LogP contribution in [0.25, 0.3) is 0 Å². The van der Waals surface area contributed by atoms with Gasteiger partial charge in [0.05, 0.1) is 11.3 Å². The summed E-state index contributed by atoms with van der Waals surface area (Å²) in [7, 11) is 0. The second-order valence-electron chi connectivity index (χ2n) is 5.01. The molecule has 0 aliphatic carbocycles. The lowest BCUT2D eigenvalue weighted by Gasteiger charge is -2.12. The Morgan fingerprint density at radius 2 is 2.05 bits per heavy atom. The summed E-state index contributed by atoms with van der Waals surface area (Å²) in [6.07, 6.45) is 1.45. The van der Waals surface area contributed by atoms with Crippen molar-refractivity contribution in [3.63, 3.8) is 0 Å². The van der Waals surface area contributed by atoms with Crippen molar-refractivity contribution < 1.29 is 4.74 Å². The molecular weight excluding hydrogens is 250 g/mol. The first kappa shape index (κ1) is 13.9. The van der Waals surface area contributed by atoms with Gasteiger partial charge in [0.25, 0.3) is 0 Å². The third kappa shape index (κ3) is 2.89. The van der Waals surface area contributed by atoms with Gasteiger partial charge in [0, 0.05) is 6.20 Å². The molecule has 0 amide bonds. The van der Waals surface area contributed by atoms with Crippen molar-refractivity contribution in [3.05, 3.63) is 47.2 Å². The highest BCUT2D eigenvalue weighted by molar-refractivity contribution is 5.53. The summed E-state index contributed by atoms with van der Waals surface area (Å²) in [6, 6.07) is 9.47. The van der Waals surface area contributed by atoms with Gasteiger partial charge in [0.1, 0.15) is 11.8 Å². The number of hydrogen-bond donors (Lipinski definition) is 1. The molecule has 20 heavy (non-hydrogen) atoms. The van der Waals surface area contributed by atoms with Gasteiger partial charge < -0.3 is 10.5 Å². The summed E-state index contributed by atoms with van der Waals surface area (Å²) in [5, 5.41) is 8.78. The van der Waals surface area contributed by atoms with Crippen LogP contribution in [-0.2, 0) is 0 Å². The molecule has 4 heteroatoms. The number of nitrogens with zero attached hydrogens (tertiary/aromatic N) is 2. The molecule has 0 atom stereocenters. The molecule has 0 saturated heterocycles. The highest BCUT2D eigenvalue weighted by Crippen LogP contribution is 2.29. The van der Waals surface area contributed by atoms with Gasteiger partial charge in [-0.15, -0.1) is 0 Å². The Kier molecular flexibility index (Phi) is 3.90. The van der Waals surface area contributed by atoms with Gasteiger partial charge in [-0.25, -0.2) is 4.98 Å². The number of hydrogen-bond acceptors (Lipinski definition) is 4. The fourth-order valence-corrected chi connectivity index (χ4v) is 2.09. The van der Waals surface area contributed by atoms with E-state index in [1.807, 2.05) is 18.2 Å². The molecule has 0 aliphatic rings. The number of nitriles is 1. The standard InChI is InChI=1S/C16H17N3O/c1-10(2)14-5-4-13(6-11(14)3)20-16-15(18)7-12(8-17)9-19-16/h4-7,9-10H,18H2,1-3H3. The van der Waals surface area contributed by atoms with Gasteiger partial charge >= 0.3 is 0 Å². The van der Waals surface area contributed by atoms with E-state index >= 15 is 0 Å². The van der Waals surface area contributed by atoms with Gasteiger partial charge in [-0.3, -0.25) is 0 Å². The maximum absolute atomic E-state index is 8.78. The lowest BCUT2D eigenvalue weighted by atomic mass is 9.98. The lowest BCUT2D eigenvalue weighted by molar-refractivity contribution is 0.465. The molecule has 0 aliphatic heterocycles. The summed E-state index contributed by atoms with van der Waals surface area (Å²) in [5.41, 5.74) is 9.06. The second kappa shape index (κ2) is 5.62. The number of benzene rings is 1. The average molecular weight is 267 g/mol. The van der Waals surface area contributed by atoms with E-state index in [9.17, 15) is 0 Å². The van der Waals surface area contributed by atoms with E-state index in [0.29, 0.717) is 28.8 Å². The predicted molar refractivity (Wildman–Crippen MR) is 78.7 cm³/mol. The Labute approximate surface area is 118 Å². The second-order valence-corrected chi connectivity index (χ2v) is 5.01. The first-order chi connectivity index (χ1) is 9.51. The molecule has 1 aromatic carbocycles. The molecule has 2 rings (SSSR count). The summed E-state index contributed by atoms with van der Waals surface area (Å²) < 4.78 is 5.68. The number of nitrogens with two attached hydrogens (primary N) is 1. The fraction of sp³-hybridized carbons (Fsp3) is 0.250. The van der Waals surface area contributed by atoms with Crippen LogP contribution in [0.15, 0.2) is 30.5 Å². The van der Waals surface area contributed by atoms with Crippen molar-refractivity contribution in [3.8, 4) is 17.7 Å². The number of anilines is 1. The molecule has 4 nitrogen and oxygen atoms in total. The first-order valence-electron chi connectivity index (χ1n) is 6.45. The van der Waals surface area contributed by atoms with Gasteiger partial charge in [-0.1, -0.05) is 19.9 Å². The first-order valence-corrected chi connectivity index (χ1v) is 6.45. The zero-order chi connectivity index (χ0) is 14.7. The average Bonchev–Trinajstić information content (AvgIpc) is 2.40. The zero-order valence-corrected chi connectivity index (χ0v) is 11.8. The number of rotatable bonds is 3. The molecule has 0 unspecified atom stereocenters. The van der Waals surface area contributed by atoms with E-state index in [2.05, 4.69) is 31.8 Å². The number of aryl methyl sites for hydroxylation is 1. The minimum atomic E-state index is 0.320. The van der Waals surface area contributed by atoms with Crippen LogP contribution in [0.1, 0.15) is 36.5 Å². The monoisotopic (exact) mass is 267 g/mol. The van der Waals surface area contributed by atoms with E-state index in [0.717, 1.165) is 0 Å². The van der Waals surface area contributed by atoms with Gasteiger partial charge in [0.15, 0.2) is 0 Å². The summed E-state index contributed by atoms with van der Waals surface area (Å²) >= 11 is 0. The molecule has 1 aromatic heterocycles. The Balaban J connectivity index is 2.27. The van der Waals surface area contributed by atoms with Crippen LogP contribution in [0.5, 0.6) is 11.6 Å². The summed E-state index contributed by atoms with van der Waals surface area (Å²) in [4.78, 5) is 4.06. The zero-order valence-electron chi connectivity index (χ0n) is 11.8. The molecule has 2 aromatic rings. The summed E-state index contributed by atoms with van der Waals surface area (Å²) in [5.74, 6) is 1.48. The Morgan fingerprint density at radius 1 is 1.30 bits per heavy atom. The van der Waals surface area contributed by atoms with Crippen molar-refractivity contribution in [1.29, 1.82) is 5.26 Å². The van der Waals surface area contributed by atoms with Crippen molar-refractivity contribution in [1.82, 2.24) is 4.98 Å². The van der Waals surface area contributed by atoms with Gasteiger partial charge in [-0.2, -0.15) is 5.26 Å². The highest BCUT2D eigenvalue weighted by atomic mass is 16.5. The van der Waals surface area contributed by atoms with E-state index in [1.165, 1.54) is 17.3 Å². The molecule has 1 heterocycles.